The van der Waals surface area contributed by atoms with E-state index in [4.69, 9.17) is 0 Å². The topological polar surface area (TPSA) is 58.4 Å². The second kappa shape index (κ2) is 6.14. The Morgan fingerprint density at radius 1 is 1.35 bits per heavy atom. The molecule has 2 heterocycles. The van der Waals surface area contributed by atoms with Crippen LogP contribution in [0.1, 0.15) is 55.2 Å². The third-order valence-electron chi connectivity index (χ3n) is 4.34. The van der Waals surface area contributed by atoms with E-state index in [0.717, 1.165) is 5.69 Å². The number of hydrogen-bond acceptors (Lipinski definition) is 3. The van der Waals surface area contributed by atoms with E-state index in [0.29, 0.717) is 5.69 Å². The highest BCUT2D eigenvalue weighted by Crippen LogP contribution is 2.38. The van der Waals surface area contributed by atoms with Crippen LogP contribution in [0.15, 0.2) is 6.07 Å². The Kier molecular flexibility index (Phi) is 4.75. The molecule has 1 aromatic rings. The van der Waals surface area contributed by atoms with E-state index in [1.165, 1.54) is 9.58 Å². The SMILES string of the molecule is CC(C)c1cc(C(=O)N2CCCC(O)(C(F)(F)F)CC2)n(C)n1. The van der Waals surface area contributed by atoms with Gasteiger partial charge in [-0.25, -0.2) is 0 Å². The first-order valence-corrected chi connectivity index (χ1v) is 7.67. The van der Waals surface area contributed by atoms with Crippen LogP contribution in [0.4, 0.5) is 13.2 Å². The van der Waals surface area contributed by atoms with Gasteiger partial charge in [0, 0.05) is 26.6 Å². The number of nitrogens with zero attached hydrogens (tertiary/aromatic N) is 3. The molecule has 0 bridgehead atoms. The fraction of sp³-hybridized carbons (Fsp3) is 0.733. The van der Waals surface area contributed by atoms with Crippen LogP contribution < -0.4 is 0 Å². The lowest BCUT2D eigenvalue weighted by Gasteiger charge is -2.29. The Labute approximate surface area is 133 Å². The van der Waals surface area contributed by atoms with Crippen LogP contribution in [0, 0.1) is 0 Å². The van der Waals surface area contributed by atoms with Gasteiger partial charge in [0.2, 0.25) is 0 Å². The zero-order valence-electron chi connectivity index (χ0n) is 13.5. The predicted octanol–water partition coefficient (Wildman–Crippen LogP) is 2.46. The summed E-state index contributed by atoms with van der Waals surface area (Å²) >= 11 is 0. The minimum Gasteiger partial charge on any atom is -0.380 e. The van der Waals surface area contributed by atoms with Gasteiger partial charge in [-0.15, -0.1) is 0 Å². The third-order valence-corrected chi connectivity index (χ3v) is 4.34. The molecule has 0 radical (unpaired) electrons. The van der Waals surface area contributed by atoms with Gasteiger partial charge in [-0.1, -0.05) is 13.8 Å². The van der Waals surface area contributed by atoms with Gasteiger partial charge in [0.1, 0.15) is 5.69 Å². The fourth-order valence-corrected chi connectivity index (χ4v) is 2.74. The molecule has 0 saturated carbocycles. The van der Waals surface area contributed by atoms with Gasteiger partial charge in [0.05, 0.1) is 5.69 Å². The van der Waals surface area contributed by atoms with Crippen molar-refractivity contribution in [3.8, 4) is 0 Å². The minimum absolute atomic E-state index is 0.108. The molecule has 1 N–H and O–H groups in total. The standard InChI is InChI=1S/C15H22F3N3O2/c1-10(2)11-9-12(20(3)19-11)13(22)21-7-4-5-14(23,6-8-21)15(16,17)18/h9-10,23H,4-8H2,1-3H3. The predicted molar refractivity (Wildman–Crippen MR) is 78.1 cm³/mol. The summed E-state index contributed by atoms with van der Waals surface area (Å²) in [4.78, 5) is 13.9. The van der Waals surface area contributed by atoms with E-state index in [2.05, 4.69) is 5.10 Å². The summed E-state index contributed by atoms with van der Waals surface area (Å²) in [5.41, 5.74) is -1.60. The number of aliphatic hydroxyl groups is 1. The summed E-state index contributed by atoms with van der Waals surface area (Å²) in [6, 6.07) is 1.67. The third kappa shape index (κ3) is 3.52. The maximum atomic E-state index is 12.9. The van der Waals surface area contributed by atoms with Gasteiger partial charge in [-0.2, -0.15) is 18.3 Å². The van der Waals surface area contributed by atoms with Crippen molar-refractivity contribution in [3.63, 3.8) is 0 Å². The summed E-state index contributed by atoms with van der Waals surface area (Å²) < 4.78 is 40.3. The highest BCUT2D eigenvalue weighted by molar-refractivity contribution is 5.92. The zero-order valence-corrected chi connectivity index (χ0v) is 13.5. The van der Waals surface area contributed by atoms with Crippen molar-refractivity contribution < 1.29 is 23.1 Å². The van der Waals surface area contributed by atoms with E-state index in [-0.39, 0.29) is 37.8 Å². The second-order valence-electron chi connectivity index (χ2n) is 6.41. The molecule has 1 amide bonds. The Hall–Kier alpha value is -1.57. The average Bonchev–Trinajstić information content (AvgIpc) is 2.70. The van der Waals surface area contributed by atoms with E-state index < -0.39 is 18.2 Å². The van der Waals surface area contributed by atoms with Gasteiger partial charge < -0.3 is 10.0 Å². The lowest BCUT2D eigenvalue weighted by Crippen LogP contribution is -2.46. The molecule has 1 unspecified atom stereocenters. The van der Waals surface area contributed by atoms with Crippen LogP contribution in [0.25, 0.3) is 0 Å². The molecular formula is C15H22F3N3O2. The maximum Gasteiger partial charge on any atom is 0.417 e. The summed E-state index contributed by atoms with van der Waals surface area (Å²) in [5.74, 6) is -0.194. The molecule has 1 saturated heterocycles. The van der Waals surface area contributed by atoms with Crippen LogP contribution >= 0.6 is 0 Å². The first-order chi connectivity index (χ1) is 10.5. The van der Waals surface area contributed by atoms with Crippen LogP contribution in [0.2, 0.25) is 0 Å². The number of hydrogen-bond donors (Lipinski definition) is 1. The lowest BCUT2D eigenvalue weighted by atomic mass is 9.94. The molecular weight excluding hydrogens is 311 g/mol. The second-order valence-corrected chi connectivity index (χ2v) is 6.41. The van der Waals surface area contributed by atoms with Gasteiger partial charge in [0.15, 0.2) is 5.60 Å². The minimum atomic E-state index is -4.68. The van der Waals surface area contributed by atoms with Crippen molar-refractivity contribution in [2.75, 3.05) is 13.1 Å². The van der Waals surface area contributed by atoms with Crippen LogP contribution in [0.3, 0.4) is 0 Å². The van der Waals surface area contributed by atoms with E-state index in [1.807, 2.05) is 13.8 Å². The number of alkyl halides is 3. The quantitative estimate of drug-likeness (QED) is 0.904. The molecule has 0 spiro atoms. The molecule has 1 atom stereocenters. The molecule has 5 nitrogen and oxygen atoms in total. The van der Waals surface area contributed by atoms with Gasteiger partial charge in [-0.3, -0.25) is 9.48 Å². The number of halogens is 3. The van der Waals surface area contributed by atoms with Crippen molar-refractivity contribution in [2.24, 2.45) is 7.05 Å². The van der Waals surface area contributed by atoms with E-state index in [1.54, 1.807) is 13.1 Å². The van der Waals surface area contributed by atoms with Gasteiger partial charge in [0.25, 0.3) is 5.91 Å². The maximum absolute atomic E-state index is 12.9. The number of amides is 1. The molecule has 1 fully saturated rings. The molecule has 1 aliphatic heterocycles. The van der Waals surface area contributed by atoms with Gasteiger partial charge >= 0.3 is 6.18 Å². The first kappa shape index (κ1) is 17.8. The number of rotatable bonds is 2. The highest BCUT2D eigenvalue weighted by atomic mass is 19.4. The molecule has 0 aromatic carbocycles. The Balaban J connectivity index is 2.15. The number of aryl methyl sites for hydroxylation is 1. The summed E-state index contributed by atoms with van der Waals surface area (Å²) in [6.07, 6.45) is -5.46. The summed E-state index contributed by atoms with van der Waals surface area (Å²) in [7, 11) is 1.64. The van der Waals surface area contributed by atoms with Crippen LogP contribution in [0.5, 0.6) is 0 Å². The molecule has 23 heavy (non-hydrogen) atoms. The average molecular weight is 333 g/mol. The van der Waals surface area contributed by atoms with Crippen molar-refractivity contribution in [1.29, 1.82) is 0 Å². The monoisotopic (exact) mass is 333 g/mol. The number of carbonyl (C=O) groups is 1. The van der Waals surface area contributed by atoms with Crippen molar-refractivity contribution in [3.05, 3.63) is 17.5 Å². The Morgan fingerprint density at radius 3 is 2.52 bits per heavy atom. The molecule has 1 aromatic heterocycles. The molecule has 0 aliphatic carbocycles. The van der Waals surface area contributed by atoms with Crippen LogP contribution in [-0.2, 0) is 7.05 Å². The van der Waals surface area contributed by atoms with Crippen molar-refractivity contribution in [1.82, 2.24) is 14.7 Å². The molecule has 8 heteroatoms. The number of carbonyl (C=O) groups excluding carboxylic acids is 1. The highest BCUT2D eigenvalue weighted by Gasteiger charge is 2.53. The number of likely N-dealkylation sites (tertiary alicyclic amines) is 1. The van der Waals surface area contributed by atoms with E-state index >= 15 is 0 Å². The fourth-order valence-electron chi connectivity index (χ4n) is 2.74. The summed E-state index contributed by atoms with van der Waals surface area (Å²) in [5, 5.41) is 14.1. The molecule has 2 rings (SSSR count). The first-order valence-electron chi connectivity index (χ1n) is 7.67. The molecule has 130 valence electrons. The van der Waals surface area contributed by atoms with Gasteiger partial charge in [-0.05, 0) is 24.8 Å². The lowest BCUT2D eigenvalue weighted by molar-refractivity contribution is -0.263. The van der Waals surface area contributed by atoms with Crippen LogP contribution in [-0.4, -0.2) is 50.6 Å². The smallest absolute Gasteiger partial charge is 0.380 e. The van der Waals surface area contributed by atoms with Crippen molar-refractivity contribution in [2.45, 2.75) is 50.8 Å². The largest absolute Gasteiger partial charge is 0.417 e. The molecule has 1 aliphatic rings. The number of aromatic nitrogens is 2. The Morgan fingerprint density at radius 2 is 2.00 bits per heavy atom. The van der Waals surface area contributed by atoms with E-state index in [9.17, 15) is 23.1 Å². The Bertz CT molecular complexity index is 583. The normalized spacial score (nSPS) is 23.2. The zero-order chi connectivity index (χ0) is 17.4. The van der Waals surface area contributed by atoms with Crippen molar-refractivity contribution >= 4 is 5.91 Å². The summed E-state index contributed by atoms with van der Waals surface area (Å²) in [6.45, 7) is 3.97.